The van der Waals surface area contributed by atoms with Crippen molar-refractivity contribution in [2.45, 2.75) is 6.92 Å². The largest absolute Gasteiger partial charge is 0.491 e. The molecule has 5 nitrogen and oxygen atoms in total. The molecular formula is C15H14N4O. The second-order valence-corrected chi connectivity index (χ2v) is 4.50. The van der Waals surface area contributed by atoms with E-state index >= 15 is 0 Å². The van der Waals surface area contributed by atoms with E-state index in [-0.39, 0.29) is 0 Å². The fraction of sp³-hybridized carbons (Fsp3) is 0.133. The standard InChI is InChI=1S/C15H14N4O/c1-9-3-4-10-7-11(5-6-12(10)19-9)13-14(20-2)15(16)18-8-17-13/h3-8H,1-2H3,(H2,16,17,18). The number of fused-ring (bicyclic) bond motifs is 1. The van der Waals surface area contributed by atoms with Gasteiger partial charge in [0, 0.05) is 16.6 Å². The Morgan fingerprint density at radius 1 is 1.10 bits per heavy atom. The van der Waals surface area contributed by atoms with Gasteiger partial charge in [-0.05, 0) is 25.1 Å². The van der Waals surface area contributed by atoms with Crippen molar-refractivity contribution < 1.29 is 4.74 Å². The Labute approximate surface area is 116 Å². The normalized spacial score (nSPS) is 10.7. The maximum atomic E-state index is 5.81. The molecule has 5 heteroatoms. The molecule has 0 aliphatic carbocycles. The molecule has 3 rings (SSSR count). The molecule has 0 fully saturated rings. The predicted octanol–water partition coefficient (Wildman–Crippen LogP) is 2.59. The Morgan fingerprint density at radius 3 is 2.75 bits per heavy atom. The number of hydrogen-bond acceptors (Lipinski definition) is 5. The van der Waals surface area contributed by atoms with Gasteiger partial charge in [0.05, 0.1) is 12.6 Å². The van der Waals surface area contributed by atoms with Gasteiger partial charge < -0.3 is 10.5 Å². The van der Waals surface area contributed by atoms with Crippen molar-refractivity contribution in [2.75, 3.05) is 12.8 Å². The van der Waals surface area contributed by atoms with Crippen LogP contribution in [0.5, 0.6) is 5.75 Å². The van der Waals surface area contributed by atoms with Gasteiger partial charge in [-0.3, -0.25) is 4.98 Å². The zero-order valence-corrected chi connectivity index (χ0v) is 11.3. The number of nitrogen functional groups attached to an aromatic ring is 1. The SMILES string of the molecule is COc1c(N)ncnc1-c1ccc2nc(C)ccc2c1. The van der Waals surface area contributed by atoms with E-state index in [0.717, 1.165) is 22.2 Å². The molecule has 0 atom stereocenters. The minimum Gasteiger partial charge on any atom is -0.491 e. The van der Waals surface area contributed by atoms with Crippen LogP contribution in [0.4, 0.5) is 5.82 Å². The highest BCUT2D eigenvalue weighted by atomic mass is 16.5. The van der Waals surface area contributed by atoms with Crippen LogP contribution < -0.4 is 10.5 Å². The van der Waals surface area contributed by atoms with Gasteiger partial charge in [-0.1, -0.05) is 12.1 Å². The van der Waals surface area contributed by atoms with Crippen molar-refractivity contribution >= 4 is 16.7 Å². The topological polar surface area (TPSA) is 73.9 Å². The van der Waals surface area contributed by atoms with Gasteiger partial charge in [0.25, 0.3) is 0 Å². The van der Waals surface area contributed by atoms with Gasteiger partial charge in [-0.25, -0.2) is 9.97 Å². The summed E-state index contributed by atoms with van der Waals surface area (Å²) in [5.74, 6) is 0.826. The molecule has 100 valence electrons. The maximum Gasteiger partial charge on any atom is 0.187 e. The first kappa shape index (κ1) is 12.3. The number of benzene rings is 1. The highest BCUT2D eigenvalue weighted by Gasteiger charge is 2.12. The molecule has 2 heterocycles. The van der Waals surface area contributed by atoms with E-state index in [9.17, 15) is 0 Å². The quantitative estimate of drug-likeness (QED) is 0.771. The van der Waals surface area contributed by atoms with Crippen LogP contribution in [0.3, 0.4) is 0 Å². The first-order valence-electron chi connectivity index (χ1n) is 6.21. The van der Waals surface area contributed by atoms with Gasteiger partial charge in [0.2, 0.25) is 0 Å². The van der Waals surface area contributed by atoms with Crippen molar-refractivity contribution in [2.24, 2.45) is 0 Å². The number of pyridine rings is 1. The number of aryl methyl sites for hydroxylation is 1. The second-order valence-electron chi connectivity index (χ2n) is 4.50. The maximum absolute atomic E-state index is 5.81. The van der Waals surface area contributed by atoms with Crippen molar-refractivity contribution in [3.05, 3.63) is 42.4 Å². The molecule has 2 aromatic heterocycles. The van der Waals surface area contributed by atoms with Crippen LogP contribution in [0.1, 0.15) is 5.69 Å². The van der Waals surface area contributed by atoms with Crippen LogP contribution in [-0.4, -0.2) is 22.1 Å². The van der Waals surface area contributed by atoms with Crippen LogP contribution in [0.25, 0.3) is 22.2 Å². The Hall–Kier alpha value is -2.69. The summed E-state index contributed by atoms with van der Waals surface area (Å²) >= 11 is 0. The molecule has 0 aliphatic rings. The number of methoxy groups -OCH3 is 1. The summed E-state index contributed by atoms with van der Waals surface area (Å²) in [7, 11) is 1.56. The van der Waals surface area contributed by atoms with Crippen LogP contribution in [-0.2, 0) is 0 Å². The van der Waals surface area contributed by atoms with Crippen molar-refractivity contribution in [3.63, 3.8) is 0 Å². The van der Waals surface area contributed by atoms with Gasteiger partial charge in [0.15, 0.2) is 11.6 Å². The minimum absolute atomic E-state index is 0.333. The molecule has 0 spiro atoms. The average molecular weight is 266 g/mol. The molecule has 0 saturated heterocycles. The molecule has 2 N–H and O–H groups in total. The summed E-state index contributed by atoms with van der Waals surface area (Å²) in [6.45, 7) is 1.97. The van der Waals surface area contributed by atoms with Crippen LogP contribution in [0.15, 0.2) is 36.7 Å². The molecule has 0 bridgehead atoms. The highest BCUT2D eigenvalue weighted by Crippen LogP contribution is 2.32. The molecule has 0 aliphatic heterocycles. The van der Waals surface area contributed by atoms with Crippen molar-refractivity contribution in [3.8, 4) is 17.0 Å². The summed E-state index contributed by atoms with van der Waals surface area (Å²) in [4.78, 5) is 12.7. The van der Waals surface area contributed by atoms with Gasteiger partial charge in [0.1, 0.15) is 12.0 Å². The third-order valence-electron chi connectivity index (χ3n) is 3.14. The van der Waals surface area contributed by atoms with E-state index in [1.54, 1.807) is 7.11 Å². The average Bonchev–Trinajstić information content (AvgIpc) is 2.46. The summed E-state index contributed by atoms with van der Waals surface area (Å²) in [6.07, 6.45) is 1.44. The number of hydrogen-bond donors (Lipinski definition) is 1. The molecule has 0 radical (unpaired) electrons. The highest BCUT2D eigenvalue weighted by molar-refractivity contribution is 5.85. The van der Waals surface area contributed by atoms with Crippen LogP contribution >= 0.6 is 0 Å². The van der Waals surface area contributed by atoms with E-state index in [0.29, 0.717) is 17.3 Å². The number of anilines is 1. The zero-order valence-electron chi connectivity index (χ0n) is 11.3. The molecule has 1 aromatic carbocycles. The molecule has 20 heavy (non-hydrogen) atoms. The minimum atomic E-state index is 0.333. The Morgan fingerprint density at radius 2 is 1.95 bits per heavy atom. The monoisotopic (exact) mass is 266 g/mol. The van der Waals surface area contributed by atoms with Gasteiger partial charge >= 0.3 is 0 Å². The Kier molecular flexibility index (Phi) is 2.95. The van der Waals surface area contributed by atoms with E-state index < -0.39 is 0 Å². The fourth-order valence-corrected chi connectivity index (χ4v) is 2.17. The number of nitrogens with zero attached hydrogens (tertiary/aromatic N) is 3. The first-order valence-corrected chi connectivity index (χ1v) is 6.21. The van der Waals surface area contributed by atoms with Crippen LogP contribution in [0.2, 0.25) is 0 Å². The van der Waals surface area contributed by atoms with E-state index in [1.165, 1.54) is 6.33 Å². The summed E-state index contributed by atoms with van der Waals surface area (Å²) in [6, 6.07) is 9.97. The Balaban J connectivity index is 2.20. The molecule has 3 aromatic rings. The van der Waals surface area contributed by atoms with Crippen LogP contribution in [0, 0.1) is 6.92 Å². The van der Waals surface area contributed by atoms with E-state index in [1.807, 2.05) is 37.3 Å². The summed E-state index contributed by atoms with van der Waals surface area (Å²) in [5, 5.41) is 1.05. The molecule has 0 saturated carbocycles. The molecule has 0 amide bonds. The number of ether oxygens (including phenoxy) is 1. The second kappa shape index (κ2) is 4.77. The lowest BCUT2D eigenvalue weighted by atomic mass is 10.1. The molecule has 0 unspecified atom stereocenters. The number of nitrogens with two attached hydrogens (primary N) is 1. The fourth-order valence-electron chi connectivity index (χ4n) is 2.17. The third kappa shape index (κ3) is 2.03. The van der Waals surface area contributed by atoms with Gasteiger partial charge in [-0.2, -0.15) is 0 Å². The summed E-state index contributed by atoms with van der Waals surface area (Å²) < 4.78 is 5.30. The first-order chi connectivity index (χ1) is 9.69. The lowest BCUT2D eigenvalue weighted by Crippen LogP contribution is -1.99. The van der Waals surface area contributed by atoms with E-state index in [4.69, 9.17) is 10.5 Å². The van der Waals surface area contributed by atoms with Crippen molar-refractivity contribution in [1.29, 1.82) is 0 Å². The summed E-state index contributed by atoms with van der Waals surface area (Å²) in [5.41, 5.74) is 9.37. The molecular weight excluding hydrogens is 252 g/mol. The van der Waals surface area contributed by atoms with E-state index in [2.05, 4.69) is 15.0 Å². The van der Waals surface area contributed by atoms with Crippen molar-refractivity contribution in [1.82, 2.24) is 15.0 Å². The predicted molar refractivity (Wildman–Crippen MR) is 78.5 cm³/mol. The third-order valence-corrected chi connectivity index (χ3v) is 3.14. The zero-order chi connectivity index (χ0) is 14.1. The Bertz CT molecular complexity index is 786. The number of aromatic nitrogens is 3. The van der Waals surface area contributed by atoms with Gasteiger partial charge in [-0.15, -0.1) is 0 Å². The lowest BCUT2D eigenvalue weighted by molar-refractivity contribution is 0.415. The smallest absolute Gasteiger partial charge is 0.187 e. The number of rotatable bonds is 2. The lowest BCUT2D eigenvalue weighted by Gasteiger charge is -2.09.